The van der Waals surface area contributed by atoms with Crippen LogP contribution in [-0.4, -0.2) is 112 Å². The monoisotopic (exact) mass is 577 g/mol. The van der Waals surface area contributed by atoms with Crippen LogP contribution < -0.4 is 10.6 Å². The second-order valence-electron chi connectivity index (χ2n) is 13.4. The average Bonchev–Trinajstić information content (AvgIpc) is 3.33. The van der Waals surface area contributed by atoms with Gasteiger partial charge in [0.05, 0.1) is 48.5 Å². The first-order valence-electron chi connectivity index (χ1n) is 16.0. The topological polar surface area (TPSA) is 108 Å². The van der Waals surface area contributed by atoms with Crippen molar-refractivity contribution in [1.29, 1.82) is 0 Å². The Hall–Kier alpha value is -1.30. The first-order chi connectivity index (χ1) is 19.9. The minimum Gasteiger partial charge on any atom is -0.381 e. The number of rotatable bonds is 8. The van der Waals surface area contributed by atoms with E-state index in [4.69, 9.17) is 23.7 Å². The Balaban J connectivity index is 1.11. The largest absolute Gasteiger partial charge is 0.381 e. The highest BCUT2D eigenvalue weighted by Gasteiger charge is 2.64. The summed E-state index contributed by atoms with van der Waals surface area (Å²) in [6, 6.07) is 0.769. The molecule has 0 spiro atoms. The van der Waals surface area contributed by atoms with Crippen LogP contribution in [0.5, 0.6) is 0 Å². The molecule has 3 saturated heterocycles. The molecule has 0 aromatic heterocycles. The quantitative estimate of drug-likeness (QED) is 0.451. The predicted octanol–water partition coefficient (Wildman–Crippen LogP) is 1.89. The van der Waals surface area contributed by atoms with Crippen LogP contribution in [0.2, 0.25) is 0 Å². The molecule has 10 heteroatoms. The molecule has 232 valence electrons. The summed E-state index contributed by atoms with van der Waals surface area (Å²) in [7, 11) is 6.89. The molecule has 6 aliphatic rings. The van der Waals surface area contributed by atoms with E-state index in [1.54, 1.807) is 28.4 Å². The number of ether oxygens (including phenoxy) is 5. The number of carbonyl (C=O) groups excluding carboxylic acids is 2. The Morgan fingerprint density at radius 3 is 2.37 bits per heavy atom. The molecular formula is C31H51N3O7. The number of carbonyl (C=O) groups is 2. The third-order valence-electron chi connectivity index (χ3n) is 11.7. The molecule has 41 heavy (non-hydrogen) atoms. The summed E-state index contributed by atoms with van der Waals surface area (Å²) in [5, 5.41) is 7.05. The third-order valence-corrected chi connectivity index (χ3v) is 11.7. The number of hydrogen-bond acceptors (Lipinski definition) is 8. The Morgan fingerprint density at radius 2 is 1.63 bits per heavy atom. The molecule has 2 amide bonds. The molecule has 0 bridgehead atoms. The van der Waals surface area contributed by atoms with Crippen molar-refractivity contribution < 1.29 is 33.3 Å². The van der Waals surface area contributed by atoms with Crippen molar-refractivity contribution in [2.75, 3.05) is 35.0 Å². The van der Waals surface area contributed by atoms with Crippen LogP contribution in [-0.2, 0) is 33.3 Å². The van der Waals surface area contributed by atoms with E-state index in [0.717, 1.165) is 64.3 Å². The van der Waals surface area contributed by atoms with Gasteiger partial charge in [0.1, 0.15) is 6.10 Å². The third kappa shape index (κ3) is 5.24. The molecule has 0 radical (unpaired) electrons. The lowest BCUT2D eigenvalue weighted by Gasteiger charge is -2.55. The molecule has 3 heterocycles. The zero-order chi connectivity index (χ0) is 28.8. The van der Waals surface area contributed by atoms with E-state index in [-0.39, 0.29) is 72.3 Å². The molecule has 0 aromatic carbocycles. The number of fused-ring (bicyclic) bond motifs is 5. The molecule has 3 aliphatic heterocycles. The van der Waals surface area contributed by atoms with Crippen molar-refractivity contribution in [2.24, 2.45) is 23.7 Å². The van der Waals surface area contributed by atoms with Crippen molar-refractivity contribution in [3.05, 3.63) is 0 Å². The van der Waals surface area contributed by atoms with Gasteiger partial charge < -0.3 is 39.2 Å². The molecule has 3 aliphatic carbocycles. The summed E-state index contributed by atoms with van der Waals surface area (Å²) < 4.78 is 29.4. The molecule has 6 fully saturated rings. The lowest BCUT2D eigenvalue weighted by Crippen LogP contribution is -2.70. The average molecular weight is 578 g/mol. The minimum atomic E-state index is -0.531. The van der Waals surface area contributed by atoms with Crippen LogP contribution in [0.1, 0.15) is 64.7 Å². The maximum atomic E-state index is 14.2. The molecule has 3 saturated carbocycles. The highest BCUT2D eigenvalue weighted by Crippen LogP contribution is 2.54. The first kappa shape index (κ1) is 29.8. The molecule has 10 nitrogen and oxygen atoms in total. The van der Waals surface area contributed by atoms with Gasteiger partial charge in [0.15, 0.2) is 0 Å². The number of nitrogens with zero attached hydrogens (tertiary/aromatic N) is 1. The highest BCUT2D eigenvalue weighted by atomic mass is 16.5. The van der Waals surface area contributed by atoms with Crippen LogP contribution >= 0.6 is 0 Å². The lowest BCUT2D eigenvalue weighted by molar-refractivity contribution is -0.175. The standard InChI is InChI=1S/C31H51N3O7/c1-16(30(35)33-22-9-6-17(37-2)15-25(22)39-4)41-18-7-10-23-21(14-18)19-12-13-32-27-20-8-11-24(38-3)29(40-5)26(20)31(36)34(23)28(19)27/h16-29,32H,6-15H2,1-5H3,(H,33,35)/t16-,17?,18?,19?,20?,21?,22?,23?,24?,25?,26?,27?,28?,29?/m0/s1. The summed E-state index contributed by atoms with van der Waals surface area (Å²) in [6.45, 7) is 2.86. The van der Waals surface area contributed by atoms with Crippen molar-refractivity contribution in [3.8, 4) is 0 Å². The van der Waals surface area contributed by atoms with Gasteiger partial charge in [0.25, 0.3) is 0 Å². The van der Waals surface area contributed by atoms with E-state index in [2.05, 4.69) is 15.5 Å². The number of amides is 2. The molecule has 0 aromatic rings. The fourth-order valence-electron chi connectivity index (χ4n) is 9.84. The van der Waals surface area contributed by atoms with E-state index in [9.17, 15) is 9.59 Å². The number of methoxy groups -OCH3 is 4. The number of nitrogens with one attached hydrogen (secondary N) is 2. The maximum absolute atomic E-state index is 14.2. The summed E-state index contributed by atoms with van der Waals surface area (Å²) in [4.78, 5) is 29.7. The van der Waals surface area contributed by atoms with Gasteiger partial charge in [0, 0.05) is 46.9 Å². The van der Waals surface area contributed by atoms with Crippen LogP contribution in [0.25, 0.3) is 0 Å². The Labute approximate surface area is 244 Å². The van der Waals surface area contributed by atoms with Crippen molar-refractivity contribution in [2.45, 2.75) is 126 Å². The first-order valence-corrected chi connectivity index (χ1v) is 16.0. The smallest absolute Gasteiger partial charge is 0.249 e. The molecule has 14 atom stereocenters. The van der Waals surface area contributed by atoms with Gasteiger partial charge in [-0.3, -0.25) is 9.59 Å². The van der Waals surface area contributed by atoms with Crippen LogP contribution in [0.3, 0.4) is 0 Å². The predicted molar refractivity (Wildman–Crippen MR) is 151 cm³/mol. The molecule has 6 rings (SSSR count). The van der Waals surface area contributed by atoms with Crippen LogP contribution in [0.15, 0.2) is 0 Å². The molecule has 13 unspecified atom stereocenters. The summed E-state index contributed by atoms with van der Waals surface area (Å²) in [6.07, 6.45) is 7.61. The second kappa shape index (κ2) is 12.4. The van der Waals surface area contributed by atoms with Gasteiger partial charge in [0.2, 0.25) is 11.8 Å². The summed E-state index contributed by atoms with van der Waals surface area (Å²) in [5.41, 5.74) is 0. The summed E-state index contributed by atoms with van der Waals surface area (Å²) >= 11 is 0. The number of piperidine rings is 2. The minimum absolute atomic E-state index is 0.0242. The zero-order valence-corrected chi connectivity index (χ0v) is 25.5. The lowest BCUT2D eigenvalue weighted by atomic mass is 9.64. The van der Waals surface area contributed by atoms with Gasteiger partial charge in [-0.25, -0.2) is 0 Å². The van der Waals surface area contributed by atoms with E-state index < -0.39 is 6.10 Å². The summed E-state index contributed by atoms with van der Waals surface area (Å²) in [5.74, 6) is 1.22. The van der Waals surface area contributed by atoms with Crippen molar-refractivity contribution in [3.63, 3.8) is 0 Å². The van der Waals surface area contributed by atoms with E-state index >= 15 is 0 Å². The van der Waals surface area contributed by atoms with Crippen LogP contribution in [0, 0.1) is 23.7 Å². The van der Waals surface area contributed by atoms with Gasteiger partial charge in [-0.2, -0.15) is 0 Å². The highest BCUT2D eigenvalue weighted by molar-refractivity contribution is 5.83. The van der Waals surface area contributed by atoms with Crippen molar-refractivity contribution in [1.82, 2.24) is 15.5 Å². The van der Waals surface area contributed by atoms with Crippen LogP contribution in [0.4, 0.5) is 0 Å². The fourth-order valence-corrected chi connectivity index (χ4v) is 9.84. The van der Waals surface area contributed by atoms with Gasteiger partial charge in [-0.15, -0.1) is 0 Å². The number of hydrogen-bond donors (Lipinski definition) is 2. The Kier molecular flexibility index (Phi) is 8.97. The SMILES string of the molecule is COC1CCC(NC(=O)[C@H](C)OC2CCC3C(C2)C2CCNC4C5CCC(OC)C(OC)C5C(=O)N3C24)C(OC)C1. The normalized spacial score (nSPS) is 46.3. The van der Waals surface area contributed by atoms with Gasteiger partial charge >= 0.3 is 0 Å². The maximum Gasteiger partial charge on any atom is 0.249 e. The molecule has 2 N–H and O–H groups in total. The zero-order valence-electron chi connectivity index (χ0n) is 25.5. The fraction of sp³-hybridized carbons (Fsp3) is 0.935. The second-order valence-corrected chi connectivity index (χ2v) is 13.4. The Bertz CT molecular complexity index is 953. The van der Waals surface area contributed by atoms with Crippen molar-refractivity contribution >= 4 is 11.8 Å². The Morgan fingerprint density at radius 1 is 0.854 bits per heavy atom. The molecular weight excluding hydrogens is 526 g/mol. The van der Waals surface area contributed by atoms with Gasteiger partial charge in [-0.1, -0.05) is 0 Å². The van der Waals surface area contributed by atoms with Gasteiger partial charge in [-0.05, 0) is 82.6 Å². The van der Waals surface area contributed by atoms with E-state index in [0.29, 0.717) is 17.9 Å². The van der Waals surface area contributed by atoms with E-state index in [1.807, 2.05) is 6.92 Å². The van der Waals surface area contributed by atoms with E-state index in [1.165, 1.54) is 0 Å².